The molecule has 2 aliphatic rings. The molecule has 0 amide bonds. The minimum absolute atomic E-state index is 0.152. The number of nitrogens with zero attached hydrogens (tertiary/aromatic N) is 5. The number of anilines is 2. The molecular weight excluding hydrogens is 306 g/mol. The van der Waals surface area contributed by atoms with E-state index in [2.05, 4.69) is 33.6 Å². The highest BCUT2D eigenvalue weighted by Crippen LogP contribution is 2.26. The lowest BCUT2D eigenvalue weighted by Gasteiger charge is -2.40. The Hall–Kier alpha value is -1.63. The Labute approximate surface area is 144 Å². The van der Waals surface area contributed by atoms with Crippen molar-refractivity contribution in [3.8, 4) is 6.01 Å². The molecule has 0 radical (unpaired) electrons. The summed E-state index contributed by atoms with van der Waals surface area (Å²) in [6, 6.07) is 0.393. The first-order chi connectivity index (χ1) is 11.6. The number of hydrogen-bond acceptors (Lipinski definition) is 7. The van der Waals surface area contributed by atoms with Crippen molar-refractivity contribution >= 4 is 11.9 Å². The predicted molar refractivity (Wildman–Crippen MR) is 93.9 cm³/mol. The van der Waals surface area contributed by atoms with Gasteiger partial charge in [0.05, 0.1) is 19.3 Å². The third-order valence-corrected chi connectivity index (χ3v) is 5.03. The molecule has 24 heavy (non-hydrogen) atoms. The van der Waals surface area contributed by atoms with Gasteiger partial charge in [0.2, 0.25) is 11.9 Å². The highest BCUT2D eigenvalue weighted by Gasteiger charge is 2.32. The van der Waals surface area contributed by atoms with Crippen LogP contribution in [0.2, 0.25) is 0 Å². The first-order valence-corrected chi connectivity index (χ1v) is 9.07. The van der Waals surface area contributed by atoms with Gasteiger partial charge >= 0.3 is 6.01 Å². The largest absolute Gasteiger partial charge is 0.467 e. The van der Waals surface area contributed by atoms with Crippen LogP contribution >= 0.6 is 0 Å². The summed E-state index contributed by atoms with van der Waals surface area (Å²) in [4.78, 5) is 18.2. The summed E-state index contributed by atoms with van der Waals surface area (Å²) in [7, 11) is 1.61. The van der Waals surface area contributed by atoms with E-state index in [4.69, 9.17) is 14.5 Å². The molecule has 0 saturated carbocycles. The fourth-order valence-electron chi connectivity index (χ4n) is 3.30. The van der Waals surface area contributed by atoms with Crippen molar-refractivity contribution in [2.24, 2.45) is 0 Å². The van der Waals surface area contributed by atoms with Gasteiger partial charge in [-0.1, -0.05) is 19.8 Å². The Morgan fingerprint density at radius 3 is 2.29 bits per heavy atom. The summed E-state index contributed by atoms with van der Waals surface area (Å²) in [5.41, 5.74) is -0.152. The minimum Gasteiger partial charge on any atom is -0.467 e. The van der Waals surface area contributed by atoms with Gasteiger partial charge in [-0.3, -0.25) is 0 Å². The molecule has 7 heteroatoms. The predicted octanol–water partition coefficient (Wildman–Crippen LogP) is 2.27. The van der Waals surface area contributed by atoms with Crippen molar-refractivity contribution in [3.63, 3.8) is 0 Å². The fourth-order valence-corrected chi connectivity index (χ4v) is 3.30. The van der Waals surface area contributed by atoms with E-state index in [-0.39, 0.29) is 5.60 Å². The molecule has 1 aromatic heterocycles. The number of morpholine rings is 1. The van der Waals surface area contributed by atoms with Crippen molar-refractivity contribution in [2.45, 2.75) is 51.6 Å². The SMILES string of the molecule is CCC1(C)CN(c2nc(OC)nc(N3CCCCCC3)n2)CCO1. The molecule has 3 heterocycles. The molecule has 134 valence electrons. The van der Waals surface area contributed by atoms with E-state index in [0.29, 0.717) is 18.6 Å². The van der Waals surface area contributed by atoms with Gasteiger partial charge in [0.15, 0.2) is 0 Å². The van der Waals surface area contributed by atoms with Crippen molar-refractivity contribution in [1.82, 2.24) is 15.0 Å². The van der Waals surface area contributed by atoms with Crippen LogP contribution < -0.4 is 14.5 Å². The van der Waals surface area contributed by atoms with E-state index in [1.54, 1.807) is 7.11 Å². The molecule has 2 fully saturated rings. The average molecular weight is 335 g/mol. The van der Waals surface area contributed by atoms with Crippen LogP contribution in [-0.2, 0) is 4.74 Å². The standard InChI is InChI=1S/C17H29N5O2/c1-4-17(2)13-22(11-12-24-17)15-18-14(19-16(20-15)23-3)21-9-7-5-6-8-10-21/h4-13H2,1-3H3. The van der Waals surface area contributed by atoms with E-state index < -0.39 is 0 Å². The summed E-state index contributed by atoms with van der Waals surface area (Å²) in [5, 5.41) is 0. The molecule has 1 atom stereocenters. The van der Waals surface area contributed by atoms with Crippen LogP contribution in [0.25, 0.3) is 0 Å². The Kier molecular flexibility index (Phi) is 5.38. The molecule has 7 nitrogen and oxygen atoms in total. The molecule has 3 rings (SSSR count). The van der Waals surface area contributed by atoms with Crippen molar-refractivity contribution in [1.29, 1.82) is 0 Å². The maximum Gasteiger partial charge on any atom is 0.322 e. The van der Waals surface area contributed by atoms with E-state index in [9.17, 15) is 0 Å². The monoisotopic (exact) mass is 335 g/mol. The second-order valence-corrected chi connectivity index (χ2v) is 6.90. The summed E-state index contributed by atoms with van der Waals surface area (Å²) in [6.07, 6.45) is 5.90. The maximum absolute atomic E-state index is 5.93. The van der Waals surface area contributed by atoms with E-state index in [0.717, 1.165) is 38.5 Å². The normalized spacial score (nSPS) is 25.5. The van der Waals surface area contributed by atoms with Gasteiger partial charge < -0.3 is 19.3 Å². The third kappa shape index (κ3) is 3.88. The Morgan fingerprint density at radius 2 is 1.67 bits per heavy atom. The zero-order valence-corrected chi connectivity index (χ0v) is 15.1. The van der Waals surface area contributed by atoms with Gasteiger partial charge in [0.25, 0.3) is 0 Å². The molecule has 0 aliphatic carbocycles. The summed E-state index contributed by atoms with van der Waals surface area (Å²) >= 11 is 0. The molecule has 0 bridgehead atoms. The number of rotatable bonds is 4. The molecule has 0 spiro atoms. The Morgan fingerprint density at radius 1 is 1.00 bits per heavy atom. The highest BCUT2D eigenvalue weighted by atomic mass is 16.5. The van der Waals surface area contributed by atoms with Crippen LogP contribution in [0.15, 0.2) is 0 Å². The second kappa shape index (κ2) is 7.51. The van der Waals surface area contributed by atoms with E-state index in [1.807, 2.05) is 0 Å². The molecular formula is C17H29N5O2. The lowest BCUT2D eigenvalue weighted by atomic mass is 10.0. The van der Waals surface area contributed by atoms with Gasteiger partial charge in [0, 0.05) is 26.2 Å². The lowest BCUT2D eigenvalue weighted by Crippen LogP contribution is -2.50. The van der Waals surface area contributed by atoms with Gasteiger partial charge in [-0.2, -0.15) is 15.0 Å². The molecule has 0 aromatic carbocycles. The molecule has 0 N–H and O–H groups in total. The van der Waals surface area contributed by atoms with Crippen LogP contribution in [0.5, 0.6) is 6.01 Å². The first kappa shape index (κ1) is 17.2. The zero-order chi connectivity index (χ0) is 17.0. The van der Waals surface area contributed by atoms with Gasteiger partial charge in [-0.05, 0) is 26.2 Å². The number of hydrogen-bond donors (Lipinski definition) is 0. The van der Waals surface area contributed by atoms with E-state index >= 15 is 0 Å². The van der Waals surface area contributed by atoms with Crippen LogP contribution in [0.3, 0.4) is 0 Å². The Balaban J connectivity index is 1.85. The topological polar surface area (TPSA) is 63.6 Å². The van der Waals surface area contributed by atoms with Crippen LogP contribution in [-0.4, -0.2) is 60.4 Å². The fraction of sp³-hybridized carbons (Fsp3) is 0.824. The van der Waals surface area contributed by atoms with Crippen LogP contribution in [0.1, 0.15) is 46.0 Å². The number of methoxy groups -OCH3 is 1. The summed E-state index contributed by atoms with van der Waals surface area (Å²) in [5.74, 6) is 1.44. The number of aromatic nitrogens is 3. The summed E-state index contributed by atoms with van der Waals surface area (Å²) < 4.78 is 11.3. The van der Waals surface area contributed by atoms with Crippen LogP contribution in [0, 0.1) is 0 Å². The lowest BCUT2D eigenvalue weighted by molar-refractivity contribution is -0.0445. The average Bonchev–Trinajstić information content (AvgIpc) is 2.91. The molecule has 2 saturated heterocycles. The van der Waals surface area contributed by atoms with Gasteiger partial charge in [-0.25, -0.2) is 0 Å². The molecule has 1 aromatic rings. The highest BCUT2D eigenvalue weighted by molar-refractivity contribution is 5.41. The van der Waals surface area contributed by atoms with E-state index in [1.165, 1.54) is 25.7 Å². The van der Waals surface area contributed by atoms with Gasteiger partial charge in [-0.15, -0.1) is 0 Å². The summed E-state index contributed by atoms with van der Waals surface area (Å²) in [6.45, 7) is 8.58. The number of ether oxygens (including phenoxy) is 2. The van der Waals surface area contributed by atoms with Crippen molar-refractivity contribution in [2.75, 3.05) is 49.7 Å². The minimum atomic E-state index is -0.152. The van der Waals surface area contributed by atoms with Crippen LogP contribution in [0.4, 0.5) is 11.9 Å². The smallest absolute Gasteiger partial charge is 0.322 e. The van der Waals surface area contributed by atoms with Crippen molar-refractivity contribution < 1.29 is 9.47 Å². The zero-order valence-electron chi connectivity index (χ0n) is 15.1. The molecule has 1 unspecified atom stereocenters. The van der Waals surface area contributed by atoms with Crippen molar-refractivity contribution in [3.05, 3.63) is 0 Å². The van der Waals surface area contributed by atoms with Gasteiger partial charge in [0.1, 0.15) is 0 Å². The second-order valence-electron chi connectivity index (χ2n) is 6.90. The quantitative estimate of drug-likeness (QED) is 0.836. The molecule has 2 aliphatic heterocycles. The third-order valence-electron chi connectivity index (χ3n) is 5.03. The maximum atomic E-state index is 5.93. The first-order valence-electron chi connectivity index (χ1n) is 9.07. The Bertz CT molecular complexity index is 548.